The van der Waals surface area contributed by atoms with Crippen molar-refractivity contribution in [3.8, 4) is 11.1 Å². The van der Waals surface area contributed by atoms with Crippen molar-refractivity contribution < 1.29 is 0 Å². The zero-order valence-electron chi connectivity index (χ0n) is 12.3. The fourth-order valence-electron chi connectivity index (χ4n) is 3.20. The molecule has 1 aliphatic rings. The highest BCUT2D eigenvalue weighted by atomic mass is 16.2. The summed E-state index contributed by atoms with van der Waals surface area (Å²) in [5.41, 5.74) is 4.61. The van der Waals surface area contributed by atoms with E-state index in [-0.39, 0.29) is 10.9 Å². The number of anilines is 2. The van der Waals surface area contributed by atoms with Crippen LogP contribution in [0.15, 0.2) is 58.1 Å². The first-order chi connectivity index (χ1) is 10.7. The Morgan fingerprint density at radius 2 is 1.64 bits per heavy atom. The number of aryl methyl sites for hydroxylation is 1. The molecule has 0 spiro atoms. The van der Waals surface area contributed by atoms with Crippen molar-refractivity contribution in [3.63, 3.8) is 0 Å². The van der Waals surface area contributed by atoms with Gasteiger partial charge in [0.2, 0.25) is 5.43 Å². The highest BCUT2D eigenvalue weighted by molar-refractivity contribution is 5.87. The lowest BCUT2D eigenvalue weighted by Gasteiger charge is -2.23. The lowest BCUT2D eigenvalue weighted by Crippen LogP contribution is -2.39. The second-order valence-electron chi connectivity index (χ2n) is 5.78. The van der Waals surface area contributed by atoms with E-state index in [2.05, 4.69) is 6.07 Å². The minimum Gasteiger partial charge on any atom is -0.337 e. The fourth-order valence-corrected chi connectivity index (χ4v) is 3.20. The average molecular weight is 289 g/mol. The summed E-state index contributed by atoms with van der Waals surface area (Å²) in [5.74, 6) is 0. The van der Waals surface area contributed by atoms with E-state index in [1.165, 1.54) is 5.56 Å². The van der Waals surface area contributed by atoms with Gasteiger partial charge in [0, 0.05) is 12.2 Å². The predicted octanol–water partition coefficient (Wildman–Crippen LogP) is 2.95. The normalized spacial score (nSPS) is 13.6. The molecule has 0 aromatic heterocycles. The van der Waals surface area contributed by atoms with Crippen LogP contribution in [0.4, 0.5) is 11.4 Å². The number of benzene rings is 2. The van der Waals surface area contributed by atoms with E-state index in [4.69, 9.17) is 0 Å². The zero-order chi connectivity index (χ0) is 15.3. The van der Waals surface area contributed by atoms with E-state index in [0.29, 0.717) is 11.3 Å². The molecular formula is C19H15NO2. The van der Waals surface area contributed by atoms with E-state index < -0.39 is 0 Å². The summed E-state index contributed by atoms with van der Waals surface area (Å²) in [6.07, 6.45) is 0.905. The molecule has 1 heterocycles. The summed E-state index contributed by atoms with van der Waals surface area (Å²) in [4.78, 5) is 26.2. The Labute approximate surface area is 128 Å². The maximum absolute atomic E-state index is 12.2. The van der Waals surface area contributed by atoms with Crippen LogP contribution in [0.3, 0.4) is 0 Å². The van der Waals surface area contributed by atoms with Crippen LogP contribution >= 0.6 is 0 Å². The molecule has 108 valence electrons. The molecule has 0 N–H and O–H groups in total. The van der Waals surface area contributed by atoms with Crippen molar-refractivity contribution in [2.45, 2.75) is 13.3 Å². The quantitative estimate of drug-likeness (QED) is 0.681. The first-order valence-electron chi connectivity index (χ1n) is 7.42. The van der Waals surface area contributed by atoms with Gasteiger partial charge < -0.3 is 4.90 Å². The Kier molecular flexibility index (Phi) is 2.76. The Hall–Kier alpha value is -2.68. The summed E-state index contributed by atoms with van der Waals surface area (Å²) in [6, 6.07) is 15.8. The number of fused-ring (bicyclic) bond motifs is 1. The smallest absolute Gasteiger partial charge is 0.250 e. The minimum absolute atomic E-state index is 0.368. The first-order valence-corrected chi connectivity index (χ1v) is 7.42. The summed E-state index contributed by atoms with van der Waals surface area (Å²) in [7, 11) is 0. The molecule has 0 saturated heterocycles. The van der Waals surface area contributed by atoms with Crippen LogP contribution in [-0.4, -0.2) is 6.54 Å². The number of nitrogens with zero attached hydrogens (tertiary/aromatic N) is 1. The monoisotopic (exact) mass is 289 g/mol. The van der Waals surface area contributed by atoms with Gasteiger partial charge in [-0.15, -0.1) is 0 Å². The SMILES string of the molecule is Cc1ccc(-c2c(N3CCc4ccccc43)c(=O)c2=O)cc1. The Morgan fingerprint density at radius 3 is 2.41 bits per heavy atom. The van der Waals surface area contributed by atoms with E-state index in [9.17, 15) is 9.59 Å². The summed E-state index contributed by atoms with van der Waals surface area (Å²) in [6.45, 7) is 2.76. The standard InChI is InChI=1S/C19H15NO2/c1-12-6-8-14(9-7-12)16-17(19(22)18(16)21)20-11-10-13-4-2-3-5-15(13)20/h2-9H,10-11H2,1H3. The van der Waals surface area contributed by atoms with Crippen LogP contribution in [0.5, 0.6) is 0 Å². The molecular weight excluding hydrogens is 274 g/mol. The second kappa shape index (κ2) is 4.67. The van der Waals surface area contributed by atoms with Crippen LogP contribution in [0, 0.1) is 6.92 Å². The third kappa shape index (κ3) is 1.75. The van der Waals surface area contributed by atoms with Gasteiger partial charge in [-0.3, -0.25) is 9.59 Å². The van der Waals surface area contributed by atoms with Gasteiger partial charge in [-0.05, 0) is 30.5 Å². The second-order valence-corrected chi connectivity index (χ2v) is 5.78. The largest absolute Gasteiger partial charge is 0.337 e. The van der Waals surface area contributed by atoms with Gasteiger partial charge in [-0.2, -0.15) is 0 Å². The molecule has 22 heavy (non-hydrogen) atoms. The van der Waals surface area contributed by atoms with Crippen LogP contribution in [0.1, 0.15) is 11.1 Å². The minimum atomic E-state index is -0.372. The topological polar surface area (TPSA) is 37.4 Å². The maximum atomic E-state index is 12.2. The van der Waals surface area contributed by atoms with Crippen molar-refractivity contribution >= 4 is 11.4 Å². The van der Waals surface area contributed by atoms with Crippen LogP contribution in [0.2, 0.25) is 0 Å². The maximum Gasteiger partial charge on any atom is 0.250 e. The van der Waals surface area contributed by atoms with Gasteiger partial charge in [0.05, 0.1) is 5.56 Å². The molecule has 0 saturated carbocycles. The fraction of sp³-hybridized carbons (Fsp3) is 0.158. The lowest BCUT2D eigenvalue weighted by molar-refractivity contribution is 0.986. The summed E-state index contributed by atoms with van der Waals surface area (Å²) in [5, 5.41) is 0. The van der Waals surface area contributed by atoms with E-state index in [1.807, 2.05) is 54.3 Å². The van der Waals surface area contributed by atoms with Gasteiger partial charge >= 0.3 is 0 Å². The lowest BCUT2D eigenvalue weighted by atomic mass is 9.97. The highest BCUT2D eigenvalue weighted by Crippen LogP contribution is 2.37. The van der Waals surface area contributed by atoms with Crippen molar-refractivity contribution in [1.29, 1.82) is 0 Å². The van der Waals surface area contributed by atoms with Crippen LogP contribution in [0.25, 0.3) is 11.1 Å². The van der Waals surface area contributed by atoms with E-state index in [0.717, 1.165) is 29.8 Å². The van der Waals surface area contributed by atoms with Crippen molar-refractivity contribution in [2.75, 3.05) is 11.4 Å². The van der Waals surface area contributed by atoms with E-state index in [1.54, 1.807) is 0 Å². The molecule has 3 aromatic carbocycles. The zero-order valence-corrected chi connectivity index (χ0v) is 12.3. The molecule has 0 fully saturated rings. The molecule has 0 bridgehead atoms. The molecule has 3 aromatic rings. The number of rotatable bonds is 2. The molecule has 3 heteroatoms. The molecule has 1 aliphatic heterocycles. The first kappa shape index (κ1) is 13.0. The van der Waals surface area contributed by atoms with Gasteiger partial charge in [0.1, 0.15) is 5.69 Å². The third-order valence-electron chi connectivity index (χ3n) is 4.38. The molecule has 0 amide bonds. The highest BCUT2D eigenvalue weighted by Gasteiger charge is 2.31. The Balaban J connectivity index is 1.85. The number of hydrogen-bond acceptors (Lipinski definition) is 3. The Morgan fingerprint density at radius 1 is 0.909 bits per heavy atom. The Bertz CT molecular complexity index is 931. The molecule has 0 unspecified atom stereocenters. The third-order valence-corrected chi connectivity index (χ3v) is 4.38. The summed E-state index contributed by atoms with van der Waals surface area (Å²) >= 11 is 0. The van der Waals surface area contributed by atoms with Gasteiger partial charge in [-0.25, -0.2) is 0 Å². The van der Waals surface area contributed by atoms with Crippen LogP contribution < -0.4 is 15.8 Å². The van der Waals surface area contributed by atoms with Crippen LogP contribution in [-0.2, 0) is 6.42 Å². The average Bonchev–Trinajstić information content (AvgIpc) is 2.96. The summed E-state index contributed by atoms with van der Waals surface area (Å²) < 4.78 is 0. The van der Waals surface area contributed by atoms with Crippen molar-refractivity contribution in [3.05, 3.63) is 80.1 Å². The molecule has 0 atom stereocenters. The predicted molar refractivity (Wildman–Crippen MR) is 88.7 cm³/mol. The van der Waals surface area contributed by atoms with E-state index >= 15 is 0 Å². The molecule has 4 rings (SSSR count). The van der Waals surface area contributed by atoms with Gasteiger partial charge in [0.25, 0.3) is 5.43 Å². The van der Waals surface area contributed by atoms with Gasteiger partial charge in [0.15, 0.2) is 0 Å². The van der Waals surface area contributed by atoms with Gasteiger partial charge in [-0.1, -0.05) is 48.0 Å². The van der Waals surface area contributed by atoms with Crippen molar-refractivity contribution in [2.24, 2.45) is 0 Å². The van der Waals surface area contributed by atoms with Crippen molar-refractivity contribution in [1.82, 2.24) is 0 Å². The number of para-hydroxylation sites is 1. The molecule has 0 radical (unpaired) electrons. The molecule has 3 nitrogen and oxygen atoms in total. The molecule has 0 aliphatic carbocycles. The number of hydrogen-bond donors (Lipinski definition) is 0.